The highest BCUT2D eigenvalue weighted by molar-refractivity contribution is 5.93. The standard InChI is InChI=1S/C20H14N4O2/c21-13-15-6-8-16(9-7-15)14-23-24-20(25)19-12-18(10-11-22-19)26-17-4-2-1-3-5-17/h1-12,14H,(H,24,25). The Kier molecular flexibility index (Phi) is 5.33. The van der Waals surface area contributed by atoms with E-state index in [2.05, 4.69) is 15.5 Å². The Morgan fingerprint density at radius 3 is 2.58 bits per heavy atom. The minimum absolute atomic E-state index is 0.190. The van der Waals surface area contributed by atoms with Crippen LogP contribution in [0.2, 0.25) is 0 Å². The first-order valence-corrected chi connectivity index (χ1v) is 7.77. The molecule has 26 heavy (non-hydrogen) atoms. The van der Waals surface area contributed by atoms with Crippen molar-refractivity contribution in [1.82, 2.24) is 10.4 Å². The van der Waals surface area contributed by atoms with Gasteiger partial charge in [0.05, 0.1) is 17.8 Å². The average molecular weight is 342 g/mol. The number of hydrogen-bond donors (Lipinski definition) is 1. The van der Waals surface area contributed by atoms with E-state index in [0.717, 1.165) is 5.56 Å². The Morgan fingerprint density at radius 2 is 1.85 bits per heavy atom. The monoisotopic (exact) mass is 342 g/mol. The number of benzene rings is 2. The number of amides is 1. The summed E-state index contributed by atoms with van der Waals surface area (Å²) in [5, 5.41) is 12.7. The van der Waals surface area contributed by atoms with Crippen LogP contribution in [0.3, 0.4) is 0 Å². The molecule has 0 unspecified atom stereocenters. The third kappa shape index (κ3) is 4.52. The second kappa shape index (κ2) is 8.22. The third-order valence-electron chi connectivity index (χ3n) is 3.36. The van der Waals surface area contributed by atoms with Crippen molar-refractivity contribution in [1.29, 1.82) is 5.26 Å². The summed E-state index contributed by atoms with van der Waals surface area (Å²) in [4.78, 5) is 16.2. The molecule has 0 spiro atoms. The number of pyridine rings is 1. The lowest BCUT2D eigenvalue weighted by Crippen LogP contribution is -2.18. The number of nitrogens with zero attached hydrogens (tertiary/aromatic N) is 3. The van der Waals surface area contributed by atoms with Crippen LogP contribution in [0.5, 0.6) is 11.5 Å². The van der Waals surface area contributed by atoms with E-state index < -0.39 is 5.91 Å². The van der Waals surface area contributed by atoms with Crippen LogP contribution in [-0.2, 0) is 0 Å². The Bertz CT molecular complexity index is 961. The van der Waals surface area contributed by atoms with E-state index in [-0.39, 0.29) is 5.69 Å². The van der Waals surface area contributed by atoms with Gasteiger partial charge >= 0.3 is 0 Å². The van der Waals surface area contributed by atoms with Gasteiger partial charge in [0.1, 0.15) is 17.2 Å². The first kappa shape index (κ1) is 16.9. The molecular weight excluding hydrogens is 328 g/mol. The number of aromatic nitrogens is 1. The highest BCUT2D eigenvalue weighted by atomic mass is 16.5. The number of ether oxygens (including phenoxy) is 1. The smallest absolute Gasteiger partial charge is 0.290 e. The summed E-state index contributed by atoms with van der Waals surface area (Å²) in [6.07, 6.45) is 2.99. The highest BCUT2D eigenvalue weighted by Gasteiger charge is 2.08. The van der Waals surface area contributed by atoms with Gasteiger partial charge in [0.2, 0.25) is 0 Å². The summed E-state index contributed by atoms with van der Waals surface area (Å²) in [6, 6.07) is 21.3. The van der Waals surface area contributed by atoms with Crippen molar-refractivity contribution in [3.8, 4) is 17.6 Å². The normalized spacial score (nSPS) is 10.3. The summed E-state index contributed by atoms with van der Waals surface area (Å²) in [6.45, 7) is 0. The van der Waals surface area contributed by atoms with Crippen LogP contribution >= 0.6 is 0 Å². The minimum Gasteiger partial charge on any atom is -0.457 e. The molecule has 126 valence electrons. The largest absolute Gasteiger partial charge is 0.457 e. The molecule has 6 nitrogen and oxygen atoms in total. The zero-order chi connectivity index (χ0) is 18.2. The van der Waals surface area contributed by atoms with Crippen LogP contribution in [0.25, 0.3) is 0 Å². The van der Waals surface area contributed by atoms with Crippen molar-refractivity contribution in [3.05, 3.63) is 89.7 Å². The van der Waals surface area contributed by atoms with Gasteiger partial charge in [0, 0.05) is 12.3 Å². The summed E-state index contributed by atoms with van der Waals surface area (Å²) in [5.74, 6) is 0.727. The molecular formula is C20H14N4O2. The number of hydrogen-bond acceptors (Lipinski definition) is 5. The van der Waals surface area contributed by atoms with Crippen LogP contribution in [0.1, 0.15) is 21.6 Å². The molecule has 0 fully saturated rings. The summed E-state index contributed by atoms with van der Waals surface area (Å²) in [7, 11) is 0. The number of carbonyl (C=O) groups excluding carboxylic acids is 1. The molecule has 0 saturated carbocycles. The van der Waals surface area contributed by atoms with Gasteiger partial charge in [-0.05, 0) is 35.9 Å². The second-order valence-electron chi connectivity index (χ2n) is 5.22. The van der Waals surface area contributed by atoms with Gasteiger partial charge in [-0.15, -0.1) is 0 Å². The predicted octanol–water partition coefficient (Wildman–Crippen LogP) is 3.51. The Hall–Kier alpha value is -3.98. The molecule has 1 aromatic heterocycles. The molecule has 0 aliphatic heterocycles. The maximum atomic E-state index is 12.2. The number of nitrogens with one attached hydrogen (secondary N) is 1. The van der Waals surface area contributed by atoms with E-state index >= 15 is 0 Å². The van der Waals surface area contributed by atoms with E-state index in [1.807, 2.05) is 36.4 Å². The van der Waals surface area contributed by atoms with Crippen molar-refractivity contribution >= 4 is 12.1 Å². The van der Waals surface area contributed by atoms with Crippen LogP contribution in [-0.4, -0.2) is 17.1 Å². The molecule has 6 heteroatoms. The van der Waals surface area contributed by atoms with E-state index in [0.29, 0.717) is 17.1 Å². The van der Waals surface area contributed by atoms with Crippen molar-refractivity contribution in [3.63, 3.8) is 0 Å². The fourth-order valence-electron chi connectivity index (χ4n) is 2.09. The van der Waals surface area contributed by atoms with Crippen LogP contribution in [0, 0.1) is 11.3 Å². The first-order chi connectivity index (χ1) is 12.7. The van der Waals surface area contributed by atoms with Gasteiger partial charge in [-0.25, -0.2) is 5.43 Å². The average Bonchev–Trinajstić information content (AvgIpc) is 2.69. The summed E-state index contributed by atoms with van der Waals surface area (Å²) >= 11 is 0. The minimum atomic E-state index is -0.451. The molecule has 0 bridgehead atoms. The van der Waals surface area contributed by atoms with Gasteiger partial charge in [-0.1, -0.05) is 30.3 Å². The fraction of sp³-hybridized carbons (Fsp3) is 0. The quantitative estimate of drug-likeness (QED) is 0.568. The van der Waals surface area contributed by atoms with Gasteiger partial charge in [0.15, 0.2) is 0 Å². The van der Waals surface area contributed by atoms with E-state index in [9.17, 15) is 4.79 Å². The zero-order valence-corrected chi connectivity index (χ0v) is 13.7. The van der Waals surface area contributed by atoms with E-state index in [4.69, 9.17) is 10.00 Å². The highest BCUT2D eigenvalue weighted by Crippen LogP contribution is 2.20. The SMILES string of the molecule is N#Cc1ccc(C=NNC(=O)c2cc(Oc3ccccc3)ccn2)cc1. The summed E-state index contributed by atoms with van der Waals surface area (Å²) in [5.41, 5.74) is 3.93. The first-order valence-electron chi connectivity index (χ1n) is 7.77. The van der Waals surface area contributed by atoms with Crippen molar-refractivity contribution in [2.24, 2.45) is 5.10 Å². The molecule has 0 saturated heterocycles. The van der Waals surface area contributed by atoms with Gasteiger partial charge < -0.3 is 4.74 Å². The number of rotatable bonds is 5. The van der Waals surface area contributed by atoms with Gasteiger partial charge in [-0.2, -0.15) is 10.4 Å². The maximum Gasteiger partial charge on any atom is 0.290 e. The lowest BCUT2D eigenvalue weighted by atomic mass is 10.2. The molecule has 1 heterocycles. The van der Waals surface area contributed by atoms with Gasteiger partial charge in [-0.3, -0.25) is 9.78 Å². The number of carbonyl (C=O) groups is 1. The second-order valence-corrected chi connectivity index (χ2v) is 5.22. The van der Waals surface area contributed by atoms with Crippen LogP contribution in [0.4, 0.5) is 0 Å². The number of para-hydroxylation sites is 1. The van der Waals surface area contributed by atoms with Gasteiger partial charge in [0.25, 0.3) is 5.91 Å². The predicted molar refractivity (Wildman–Crippen MR) is 97.0 cm³/mol. The Balaban J connectivity index is 1.63. The molecule has 2 aromatic carbocycles. The lowest BCUT2D eigenvalue weighted by molar-refractivity contribution is 0.0950. The van der Waals surface area contributed by atoms with Crippen molar-refractivity contribution in [2.75, 3.05) is 0 Å². The fourth-order valence-corrected chi connectivity index (χ4v) is 2.09. The van der Waals surface area contributed by atoms with Crippen molar-refractivity contribution < 1.29 is 9.53 Å². The molecule has 1 amide bonds. The van der Waals surface area contributed by atoms with E-state index in [1.165, 1.54) is 12.4 Å². The number of nitriles is 1. The molecule has 1 N–H and O–H groups in total. The Morgan fingerprint density at radius 1 is 1.08 bits per heavy atom. The Labute approximate surface area is 150 Å². The molecule has 0 radical (unpaired) electrons. The third-order valence-corrected chi connectivity index (χ3v) is 3.36. The molecule has 3 aromatic rings. The molecule has 0 aliphatic rings. The maximum absolute atomic E-state index is 12.2. The molecule has 0 atom stereocenters. The topological polar surface area (TPSA) is 87.4 Å². The molecule has 0 aliphatic carbocycles. The zero-order valence-electron chi connectivity index (χ0n) is 13.7. The van der Waals surface area contributed by atoms with Crippen molar-refractivity contribution in [2.45, 2.75) is 0 Å². The molecule has 3 rings (SSSR count). The lowest BCUT2D eigenvalue weighted by Gasteiger charge is -2.06. The summed E-state index contributed by atoms with van der Waals surface area (Å²) < 4.78 is 5.68. The number of hydrazone groups is 1. The van der Waals surface area contributed by atoms with Crippen LogP contribution in [0.15, 0.2) is 78.0 Å². The van der Waals surface area contributed by atoms with Crippen LogP contribution < -0.4 is 10.2 Å². The van der Waals surface area contributed by atoms with E-state index in [1.54, 1.807) is 36.4 Å².